The van der Waals surface area contributed by atoms with Gasteiger partial charge >= 0.3 is 5.97 Å². The van der Waals surface area contributed by atoms with Crippen molar-refractivity contribution >= 4 is 38.1 Å². The van der Waals surface area contributed by atoms with Crippen LogP contribution in [0.3, 0.4) is 0 Å². The maximum atomic E-state index is 12.7. The predicted octanol–water partition coefficient (Wildman–Crippen LogP) is 3.73. The zero-order valence-electron chi connectivity index (χ0n) is 13.7. The van der Waals surface area contributed by atoms with E-state index in [1.807, 2.05) is 42.5 Å². The Kier molecular flexibility index (Phi) is 4.89. The molecule has 2 aromatic carbocycles. The first kappa shape index (κ1) is 17.6. The maximum Gasteiger partial charge on any atom is 0.349 e. The van der Waals surface area contributed by atoms with Gasteiger partial charge in [-0.3, -0.25) is 0 Å². The zero-order chi connectivity index (χ0) is 18.0. The van der Waals surface area contributed by atoms with Gasteiger partial charge in [0.2, 0.25) is 10.0 Å². The van der Waals surface area contributed by atoms with Crippen LogP contribution in [0.2, 0.25) is 0 Å². The molecule has 7 heteroatoms. The molecule has 0 aliphatic heterocycles. The van der Waals surface area contributed by atoms with E-state index in [-0.39, 0.29) is 9.77 Å². The lowest BCUT2D eigenvalue weighted by Gasteiger charge is -2.15. The molecule has 3 aromatic rings. The van der Waals surface area contributed by atoms with Crippen molar-refractivity contribution in [2.24, 2.45) is 0 Å². The summed E-state index contributed by atoms with van der Waals surface area (Å²) in [5.74, 6) is -0.659. The summed E-state index contributed by atoms with van der Waals surface area (Å²) in [4.78, 5) is 11.8. The molecule has 1 aromatic heterocycles. The third-order valence-corrected chi connectivity index (χ3v) is 6.50. The molecule has 1 unspecified atom stereocenters. The van der Waals surface area contributed by atoms with Crippen LogP contribution < -0.4 is 4.72 Å². The van der Waals surface area contributed by atoms with E-state index >= 15 is 0 Å². The van der Waals surface area contributed by atoms with Gasteiger partial charge < -0.3 is 4.74 Å². The van der Waals surface area contributed by atoms with Gasteiger partial charge in [0.1, 0.15) is 9.77 Å². The molecule has 0 radical (unpaired) electrons. The Balaban J connectivity index is 1.89. The van der Waals surface area contributed by atoms with E-state index in [0.29, 0.717) is 0 Å². The Hall–Kier alpha value is -2.22. The number of carbonyl (C=O) groups is 1. The minimum absolute atomic E-state index is 0.0583. The summed E-state index contributed by atoms with van der Waals surface area (Å²) in [6.07, 6.45) is 0. The summed E-state index contributed by atoms with van der Waals surface area (Å²) in [5, 5.41) is 3.69. The number of esters is 1. The second-order valence-electron chi connectivity index (χ2n) is 5.56. The van der Waals surface area contributed by atoms with E-state index < -0.39 is 22.0 Å². The largest absolute Gasteiger partial charge is 0.465 e. The summed E-state index contributed by atoms with van der Waals surface area (Å²) >= 11 is 1.04. The van der Waals surface area contributed by atoms with Crippen molar-refractivity contribution in [3.63, 3.8) is 0 Å². The quantitative estimate of drug-likeness (QED) is 0.690. The smallest absolute Gasteiger partial charge is 0.349 e. The number of benzene rings is 2. The fourth-order valence-corrected chi connectivity index (χ4v) is 5.16. The summed E-state index contributed by atoms with van der Waals surface area (Å²) in [6, 6.07) is 14.7. The third-order valence-electron chi connectivity index (χ3n) is 3.89. The van der Waals surface area contributed by atoms with Gasteiger partial charge in [-0.25, -0.2) is 17.9 Å². The zero-order valence-corrected chi connectivity index (χ0v) is 15.4. The fourth-order valence-electron chi connectivity index (χ4n) is 2.59. The number of ether oxygens (including phenoxy) is 1. The Morgan fingerprint density at radius 3 is 2.56 bits per heavy atom. The van der Waals surface area contributed by atoms with Crippen molar-refractivity contribution in [1.29, 1.82) is 0 Å². The van der Waals surface area contributed by atoms with Crippen LogP contribution in [0.5, 0.6) is 0 Å². The Labute approximate surface area is 150 Å². The third kappa shape index (κ3) is 3.58. The number of fused-ring (bicyclic) bond motifs is 1. The van der Waals surface area contributed by atoms with Crippen LogP contribution in [0, 0.1) is 0 Å². The minimum atomic E-state index is -3.84. The van der Waals surface area contributed by atoms with Crippen molar-refractivity contribution in [3.05, 3.63) is 64.4 Å². The molecule has 1 heterocycles. The first-order valence-electron chi connectivity index (χ1n) is 7.59. The van der Waals surface area contributed by atoms with Gasteiger partial charge in [0, 0.05) is 6.04 Å². The van der Waals surface area contributed by atoms with Gasteiger partial charge in [0.05, 0.1) is 7.11 Å². The molecule has 3 rings (SSSR count). The summed E-state index contributed by atoms with van der Waals surface area (Å²) in [7, 11) is -2.62. The molecular formula is C18H17NO4S2. The predicted molar refractivity (Wildman–Crippen MR) is 98.3 cm³/mol. The molecule has 0 spiro atoms. The number of hydrogen-bond acceptors (Lipinski definition) is 5. The van der Waals surface area contributed by atoms with E-state index in [1.165, 1.54) is 13.2 Å². The lowest BCUT2D eigenvalue weighted by atomic mass is 10.0. The number of sulfonamides is 1. The highest BCUT2D eigenvalue weighted by Gasteiger charge is 2.26. The van der Waals surface area contributed by atoms with Crippen molar-refractivity contribution in [2.75, 3.05) is 7.11 Å². The Bertz CT molecular complexity index is 1020. The number of hydrogen-bond donors (Lipinski definition) is 1. The molecule has 0 fully saturated rings. The minimum Gasteiger partial charge on any atom is -0.465 e. The van der Waals surface area contributed by atoms with E-state index in [9.17, 15) is 13.2 Å². The number of methoxy groups -OCH3 is 1. The maximum absolute atomic E-state index is 12.7. The van der Waals surface area contributed by atoms with E-state index in [1.54, 1.807) is 12.3 Å². The van der Waals surface area contributed by atoms with Gasteiger partial charge in [-0.1, -0.05) is 36.4 Å². The molecule has 0 saturated carbocycles. The van der Waals surface area contributed by atoms with E-state index in [2.05, 4.69) is 9.46 Å². The van der Waals surface area contributed by atoms with Crippen LogP contribution in [-0.4, -0.2) is 21.5 Å². The molecule has 5 nitrogen and oxygen atoms in total. The normalized spacial score (nSPS) is 12.9. The summed E-state index contributed by atoms with van der Waals surface area (Å²) in [5.41, 5.74) is 0.845. The second kappa shape index (κ2) is 6.95. The molecular weight excluding hydrogens is 358 g/mol. The van der Waals surface area contributed by atoms with Gasteiger partial charge in [0.25, 0.3) is 0 Å². The molecule has 1 N–H and O–H groups in total. The van der Waals surface area contributed by atoms with Gasteiger partial charge in [-0.05, 0) is 40.8 Å². The lowest BCUT2D eigenvalue weighted by molar-refractivity contribution is 0.0602. The summed E-state index contributed by atoms with van der Waals surface area (Å²) in [6.45, 7) is 1.77. The standard InChI is InChI=1S/C18H17NO4S2/c1-12(14-8-7-13-5-3-4-6-15(13)11-14)19-25(21,22)16-9-10-24-17(16)18(20)23-2/h3-12,19H,1-2H3. The van der Waals surface area contributed by atoms with Crippen LogP contribution in [0.15, 0.2) is 58.8 Å². The monoisotopic (exact) mass is 375 g/mol. The number of thiophene rings is 1. The Morgan fingerprint density at radius 2 is 1.84 bits per heavy atom. The number of rotatable bonds is 5. The van der Waals surface area contributed by atoms with Gasteiger partial charge in [-0.15, -0.1) is 11.3 Å². The first-order chi connectivity index (χ1) is 11.9. The van der Waals surface area contributed by atoms with Crippen LogP contribution >= 0.6 is 11.3 Å². The van der Waals surface area contributed by atoms with E-state index in [0.717, 1.165) is 27.7 Å². The highest BCUT2D eigenvalue weighted by atomic mass is 32.2. The number of nitrogens with one attached hydrogen (secondary N) is 1. The van der Waals surface area contributed by atoms with Gasteiger partial charge in [0.15, 0.2) is 0 Å². The van der Waals surface area contributed by atoms with Crippen molar-refractivity contribution in [1.82, 2.24) is 4.72 Å². The molecule has 0 aliphatic rings. The first-order valence-corrected chi connectivity index (χ1v) is 9.95. The van der Waals surface area contributed by atoms with Crippen LogP contribution in [-0.2, 0) is 14.8 Å². The Morgan fingerprint density at radius 1 is 1.12 bits per heavy atom. The van der Waals surface area contributed by atoms with Crippen molar-refractivity contribution < 1.29 is 17.9 Å². The highest BCUT2D eigenvalue weighted by Crippen LogP contribution is 2.26. The average Bonchev–Trinajstić information content (AvgIpc) is 3.11. The van der Waals surface area contributed by atoms with Crippen LogP contribution in [0.1, 0.15) is 28.2 Å². The second-order valence-corrected chi connectivity index (χ2v) is 8.15. The average molecular weight is 375 g/mol. The fraction of sp³-hybridized carbons (Fsp3) is 0.167. The van der Waals surface area contributed by atoms with E-state index in [4.69, 9.17) is 0 Å². The molecule has 25 heavy (non-hydrogen) atoms. The molecule has 130 valence electrons. The molecule has 0 bridgehead atoms. The topological polar surface area (TPSA) is 72.5 Å². The van der Waals surface area contributed by atoms with Crippen LogP contribution in [0.25, 0.3) is 10.8 Å². The number of carbonyl (C=O) groups excluding carboxylic acids is 1. The van der Waals surface area contributed by atoms with Crippen LogP contribution in [0.4, 0.5) is 0 Å². The van der Waals surface area contributed by atoms with Crippen molar-refractivity contribution in [3.8, 4) is 0 Å². The summed E-state index contributed by atoms with van der Waals surface area (Å²) < 4.78 is 32.6. The van der Waals surface area contributed by atoms with Gasteiger partial charge in [-0.2, -0.15) is 0 Å². The molecule has 0 amide bonds. The molecule has 0 saturated heterocycles. The highest BCUT2D eigenvalue weighted by molar-refractivity contribution is 7.89. The SMILES string of the molecule is COC(=O)c1sccc1S(=O)(=O)NC(C)c1ccc2ccccc2c1. The molecule has 1 atom stereocenters. The molecule has 0 aliphatic carbocycles. The lowest BCUT2D eigenvalue weighted by Crippen LogP contribution is -2.27. The van der Waals surface area contributed by atoms with Crippen molar-refractivity contribution in [2.45, 2.75) is 17.9 Å².